The highest BCUT2D eigenvalue weighted by Crippen LogP contribution is 2.19. The zero-order chi connectivity index (χ0) is 18.4. The third-order valence-electron chi connectivity index (χ3n) is 4.09. The predicted octanol–water partition coefficient (Wildman–Crippen LogP) is 2.21. The molecule has 3 rings (SSSR count). The largest absolute Gasteiger partial charge is 0.368 e. The first-order chi connectivity index (χ1) is 12.6. The molecule has 0 saturated carbocycles. The molecule has 3 amide bonds. The second-order valence-electron chi connectivity index (χ2n) is 5.87. The average molecular weight is 374 g/mol. The van der Waals surface area contributed by atoms with Crippen LogP contribution in [0.4, 0.5) is 16.3 Å². The fourth-order valence-corrected chi connectivity index (χ4v) is 2.84. The highest BCUT2D eigenvalue weighted by molar-refractivity contribution is 6.30. The lowest BCUT2D eigenvalue weighted by Gasteiger charge is -2.36. The number of benzene rings is 1. The molecule has 1 aliphatic heterocycles. The van der Waals surface area contributed by atoms with Crippen molar-refractivity contribution < 1.29 is 9.59 Å². The Bertz CT molecular complexity index is 746. The molecule has 8 heteroatoms. The molecule has 0 spiro atoms. The number of urea groups is 1. The number of carbonyl (C=O) groups is 2. The van der Waals surface area contributed by atoms with E-state index < -0.39 is 0 Å². The van der Waals surface area contributed by atoms with E-state index in [0.717, 1.165) is 18.8 Å². The molecule has 0 radical (unpaired) electrons. The molecule has 0 unspecified atom stereocenters. The van der Waals surface area contributed by atoms with Crippen molar-refractivity contribution in [1.82, 2.24) is 15.2 Å². The van der Waals surface area contributed by atoms with Crippen LogP contribution in [0.25, 0.3) is 0 Å². The maximum Gasteiger partial charge on any atom is 0.317 e. The maximum atomic E-state index is 12.2. The molecule has 1 aliphatic rings. The molecule has 0 bridgehead atoms. The number of anilines is 2. The van der Waals surface area contributed by atoms with E-state index in [2.05, 4.69) is 20.5 Å². The molecule has 0 aliphatic carbocycles. The minimum atomic E-state index is -0.308. The van der Waals surface area contributed by atoms with E-state index in [4.69, 9.17) is 11.6 Å². The number of nitrogens with one attached hydrogen (secondary N) is 2. The van der Waals surface area contributed by atoms with Crippen molar-refractivity contribution in [1.29, 1.82) is 0 Å². The van der Waals surface area contributed by atoms with Crippen LogP contribution >= 0.6 is 11.6 Å². The van der Waals surface area contributed by atoms with Crippen molar-refractivity contribution in [3.8, 4) is 0 Å². The fraction of sp³-hybridized carbons (Fsp3) is 0.278. The summed E-state index contributed by atoms with van der Waals surface area (Å²) in [6, 6.07) is 12.7. The van der Waals surface area contributed by atoms with Gasteiger partial charge in [-0.1, -0.05) is 17.7 Å². The van der Waals surface area contributed by atoms with E-state index in [1.807, 2.05) is 24.3 Å². The van der Waals surface area contributed by atoms with Gasteiger partial charge in [0.2, 0.25) is 5.91 Å². The Hall–Kier alpha value is -2.80. The molecule has 1 aromatic carbocycles. The smallest absolute Gasteiger partial charge is 0.317 e. The number of rotatable bonds is 4. The van der Waals surface area contributed by atoms with Crippen molar-refractivity contribution in [2.75, 3.05) is 42.9 Å². The predicted molar refractivity (Wildman–Crippen MR) is 102 cm³/mol. The highest BCUT2D eigenvalue weighted by atomic mass is 35.5. The van der Waals surface area contributed by atoms with E-state index in [1.54, 1.807) is 29.3 Å². The summed E-state index contributed by atoms with van der Waals surface area (Å²) in [7, 11) is 0. The first kappa shape index (κ1) is 18.0. The zero-order valence-corrected chi connectivity index (χ0v) is 14.9. The minimum Gasteiger partial charge on any atom is -0.368 e. The molecule has 2 heterocycles. The number of carbonyl (C=O) groups excluding carboxylic acids is 2. The fourth-order valence-electron chi connectivity index (χ4n) is 2.71. The Labute approximate surface area is 157 Å². The minimum absolute atomic E-state index is 0.0905. The van der Waals surface area contributed by atoms with E-state index in [-0.39, 0.29) is 18.5 Å². The quantitative estimate of drug-likeness (QED) is 0.861. The highest BCUT2D eigenvalue weighted by Gasteiger charge is 2.21. The Morgan fingerprint density at radius 2 is 1.77 bits per heavy atom. The van der Waals surface area contributed by atoms with Gasteiger partial charge >= 0.3 is 6.03 Å². The molecule has 2 N–H and O–H groups in total. The number of aromatic nitrogens is 1. The normalized spacial score (nSPS) is 14.0. The lowest BCUT2D eigenvalue weighted by Crippen LogP contribution is -2.52. The lowest BCUT2D eigenvalue weighted by molar-refractivity contribution is -0.115. The molecule has 0 atom stereocenters. The van der Waals surface area contributed by atoms with E-state index in [9.17, 15) is 9.59 Å². The number of pyridine rings is 1. The van der Waals surface area contributed by atoms with Crippen molar-refractivity contribution in [3.05, 3.63) is 53.7 Å². The second kappa shape index (κ2) is 8.53. The number of halogens is 1. The Balaban J connectivity index is 1.42. The van der Waals surface area contributed by atoms with Crippen molar-refractivity contribution >= 4 is 35.0 Å². The molecule has 136 valence electrons. The van der Waals surface area contributed by atoms with Gasteiger partial charge in [-0.2, -0.15) is 0 Å². The third kappa shape index (κ3) is 4.86. The van der Waals surface area contributed by atoms with Gasteiger partial charge in [-0.25, -0.2) is 9.78 Å². The van der Waals surface area contributed by atoms with Gasteiger partial charge in [-0.15, -0.1) is 0 Å². The number of hydrogen-bond acceptors (Lipinski definition) is 4. The summed E-state index contributed by atoms with van der Waals surface area (Å²) >= 11 is 5.91. The number of hydrogen-bond donors (Lipinski definition) is 2. The number of nitrogens with zero attached hydrogens (tertiary/aromatic N) is 3. The van der Waals surface area contributed by atoms with Crippen molar-refractivity contribution in [3.63, 3.8) is 0 Å². The van der Waals surface area contributed by atoms with E-state index >= 15 is 0 Å². The van der Waals surface area contributed by atoms with Gasteiger partial charge in [0.15, 0.2) is 0 Å². The van der Waals surface area contributed by atoms with E-state index in [1.165, 1.54) is 0 Å². The summed E-state index contributed by atoms with van der Waals surface area (Å²) in [5.41, 5.74) is 1.09. The van der Waals surface area contributed by atoms with Gasteiger partial charge in [0.05, 0.1) is 6.54 Å². The molecular formula is C18H20ClN5O2. The summed E-state index contributed by atoms with van der Waals surface area (Å²) in [5.74, 6) is 0.153. The van der Waals surface area contributed by atoms with Crippen LogP contribution in [-0.4, -0.2) is 54.5 Å². The maximum absolute atomic E-state index is 12.2. The standard InChI is InChI=1S/C18H20ClN5O2/c19-14-4-6-15(7-5-14)23-9-11-24(12-10-23)18(26)21-13-17(25)22-16-3-1-2-8-20-16/h1-8H,9-13H2,(H,21,26)(H,20,22,25). The SMILES string of the molecule is O=C(CNC(=O)N1CCN(c2ccc(Cl)cc2)CC1)Nc1ccccn1. The summed E-state index contributed by atoms with van der Waals surface area (Å²) < 4.78 is 0. The monoisotopic (exact) mass is 373 g/mol. The first-order valence-electron chi connectivity index (χ1n) is 8.36. The molecule has 7 nitrogen and oxygen atoms in total. The average Bonchev–Trinajstić information content (AvgIpc) is 2.68. The van der Waals surface area contributed by atoms with Crippen LogP contribution < -0.4 is 15.5 Å². The Morgan fingerprint density at radius 1 is 1.04 bits per heavy atom. The van der Waals surface area contributed by atoms with Crippen LogP contribution in [0, 0.1) is 0 Å². The summed E-state index contributed by atoms with van der Waals surface area (Å²) in [6.45, 7) is 2.56. The molecule has 26 heavy (non-hydrogen) atoms. The van der Waals surface area contributed by atoms with Crippen LogP contribution in [0.15, 0.2) is 48.7 Å². The molecule has 1 saturated heterocycles. The molecule has 1 fully saturated rings. The summed E-state index contributed by atoms with van der Waals surface area (Å²) in [5, 5.41) is 5.98. The number of piperazine rings is 1. The van der Waals surface area contributed by atoms with Gasteiger partial charge < -0.3 is 20.4 Å². The Morgan fingerprint density at radius 3 is 2.42 bits per heavy atom. The second-order valence-corrected chi connectivity index (χ2v) is 6.31. The van der Waals surface area contributed by atoms with Crippen LogP contribution in [0.1, 0.15) is 0 Å². The van der Waals surface area contributed by atoms with Crippen molar-refractivity contribution in [2.45, 2.75) is 0 Å². The zero-order valence-electron chi connectivity index (χ0n) is 14.2. The molecular weight excluding hydrogens is 354 g/mol. The van der Waals surface area contributed by atoms with Gasteiger partial charge in [-0.3, -0.25) is 4.79 Å². The summed E-state index contributed by atoms with van der Waals surface area (Å²) in [4.78, 5) is 32.0. The van der Waals surface area contributed by atoms with Crippen LogP contribution in [0.3, 0.4) is 0 Å². The van der Waals surface area contributed by atoms with Crippen molar-refractivity contribution in [2.24, 2.45) is 0 Å². The summed E-state index contributed by atoms with van der Waals surface area (Å²) in [6.07, 6.45) is 1.59. The van der Waals surface area contributed by atoms with Gasteiger partial charge in [0.1, 0.15) is 5.82 Å². The van der Waals surface area contributed by atoms with Gasteiger partial charge in [0.25, 0.3) is 0 Å². The molecule has 2 aromatic rings. The lowest BCUT2D eigenvalue weighted by atomic mass is 10.2. The Kier molecular flexibility index (Phi) is 5.91. The van der Waals surface area contributed by atoms with E-state index in [0.29, 0.717) is 23.9 Å². The first-order valence-corrected chi connectivity index (χ1v) is 8.74. The van der Waals surface area contributed by atoms with Crippen LogP contribution in [-0.2, 0) is 4.79 Å². The molecule has 1 aromatic heterocycles. The van der Waals surface area contributed by atoms with Gasteiger partial charge in [-0.05, 0) is 36.4 Å². The van der Waals surface area contributed by atoms with Gasteiger partial charge in [0, 0.05) is 43.1 Å². The topological polar surface area (TPSA) is 77.6 Å². The number of amides is 3. The van der Waals surface area contributed by atoms with Crippen LogP contribution in [0.5, 0.6) is 0 Å². The van der Waals surface area contributed by atoms with Crippen LogP contribution in [0.2, 0.25) is 5.02 Å². The third-order valence-corrected chi connectivity index (χ3v) is 4.34.